The van der Waals surface area contributed by atoms with Crippen LogP contribution in [0.3, 0.4) is 0 Å². The molecule has 0 amide bonds. The Morgan fingerprint density at radius 1 is 0.588 bits per heavy atom. The van der Waals surface area contributed by atoms with Gasteiger partial charge in [0.05, 0.1) is 12.8 Å². The van der Waals surface area contributed by atoms with Crippen LogP contribution in [-0.4, -0.2) is 23.1 Å². The summed E-state index contributed by atoms with van der Waals surface area (Å²) in [5.41, 5.74) is 0. The lowest BCUT2D eigenvalue weighted by Gasteiger charge is -1.81. The highest BCUT2D eigenvalue weighted by Crippen LogP contribution is 1.80. The molecule has 100 valence electrons. The minimum absolute atomic E-state index is 0.0625. The first-order valence-electron chi connectivity index (χ1n) is 5.64. The number of carbonyl (C=O) groups is 4. The fourth-order valence-corrected chi connectivity index (χ4v) is 0.701. The Morgan fingerprint density at radius 2 is 0.706 bits per heavy atom. The van der Waals surface area contributed by atoms with E-state index in [1.165, 1.54) is 34.1 Å². The van der Waals surface area contributed by atoms with Gasteiger partial charge in [-0.1, -0.05) is 20.3 Å². The van der Waals surface area contributed by atoms with E-state index in [9.17, 15) is 19.2 Å². The molecule has 0 rings (SSSR count). The lowest BCUT2D eigenvalue weighted by Crippen LogP contribution is -1.97. The van der Waals surface area contributed by atoms with Crippen molar-refractivity contribution in [2.45, 2.75) is 60.8 Å². The molecule has 4 heteroatoms. The highest BCUT2D eigenvalue weighted by molar-refractivity contribution is 5.97. The second kappa shape index (κ2) is 14.7. The summed E-state index contributed by atoms with van der Waals surface area (Å²) >= 11 is 0. The highest BCUT2D eigenvalue weighted by Gasteiger charge is 1.95. The monoisotopic (exact) mass is 244 g/mol. The van der Waals surface area contributed by atoms with Gasteiger partial charge in [-0.25, -0.2) is 0 Å². The predicted molar refractivity (Wildman–Crippen MR) is 67.9 cm³/mol. The zero-order chi connectivity index (χ0) is 14.4. The summed E-state index contributed by atoms with van der Waals surface area (Å²) < 4.78 is 0. The Hall–Kier alpha value is -1.32. The predicted octanol–water partition coefficient (Wildman–Crippen LogP) is 2.53. The highest BCUT2D eigenvalue weighted by atomic mass is 16.2. The van der Waals surface area contributed by atoms with Crippen LogP contribution < -0.4 is 0 Å². The molecule has 0 spiro atoms. The van der Waals surface area contributed by atoms with Gasteiger partial charge in [-0.3, -0.25) is 19.2 Å². The third kappa shape index (κ3) is 52.9. The SMILES string of the molecule is CC(=O)CC(C)=O.CC(=O)CC(C)=O.CCC. The van der Waals surface area contributed by atoms with Crippen molar-refractivity contribution in [1.29, 1.82) is 0 Å². The van der Waals surface area contributed by atoms with Crippen molar-refractivity contribution in [3.63, 3.8) is 0 Å². The average Bonchev–Trinajstić information content (AvgIpc) is 1.99. The molecule has 0 bridgehead atoms. The van der Waals surface area contributed by atoms with Gasteiger partial charge in [-0.15, -0.1) is 0 Å². The second-order valence-electron chi connectivity index (χ2n) is 3.87. The molecule has 4 nitrogen and oxygen atoms in total. The zero-order valence-electron chi connectivity index (χ0n) is 11.8. The molecule has 0 saturated carbocycles. The van der Waals surface area contributed by atoms with Crippen LogP contribution in [0.5, 0.6) is 0 Å². The fourth-order valence-electron chi connectivity index (χ4n) is 0.701. The van der Waals surface area contributed by atoms with E-state index < -0.39 is 0 Å². The smallest absolute Gasteiger partial charge is 0.137 e. The Kier molecular flexibility index (Phi) is 18.1. The third-order valence-electron chi connectivity index (χ3n) is 0.996. The van der Waals surface area contributed by atoms with E-state index in [-0.39, 0.29) is 36.0 Å². The lowest BCUT2D eigenvalue weighted by molar-refractivity contribution is -0.126. The van der Waals surface area contributed by atoms with E-state index in [0.29, 0.717) is 0 Å². The van der Waals surface area contributed by atoms with E-state index in [0.717, 1.165) is 0 Å². The molecule has 0 unspecified atom stereocenters. The number of hydrogen-bond acceptors (Lipinski definition) is 4. The number of carbonyl (C=O) groups excluding carboxylic acids is 4. The minimum atomic E-state index is -0.0625. The van der Waals surface area contributed by atoms with Crippen LogP contribution in [0.2, 0.25) is 0 Å². The van der Waals surface area contributed by atoms with Crippen molar-refractivity contribution in [1.82, 2.24) is 0 Å². The molecule has 0 N–H and O–H groups in total. The summed E-state index contributed by atoms with van der Waals surface area (Å²) in [5.74, 6) is -0.250. The topological polar surface area (TPSA) is 68.3 Å². The number of Topliss-reactive ketones (excluding diaryl/α,β-unsaturated/α-hetero) is 4. The molecule has 0 aliphatic carbocycles. The maximum atomic E-state index is 10.0. The van der Waals surface area contributed by atoms with Gasteiger partial charge in [0, 0.05) is 0 Å². The molecule has 0 saturated heterocycles. The first-order valence-corrected chi connectivity index (χ1v) is 5.64. The zero-order valence-corrected chi connectivity index (χ0v) is 11.8. The third-order valence-corrected chi connectivity index (χ3v) is 0.996. The number of hydrogen-bond donors (Lipinski definition) is 0. The van der Waals surface area contributed by atoms with Gasteiger partial charge in [0.25, 0.3) is 0 Å². The van der Waals surface area contributed by atoms with E-state index in [1.807, 2.05) is 0 Å². The van der Waals surface area contributed by atoms with E-state index in [1.54, 1.807) is 0 Å². The second-order valence-corrected chi connectivity index (χ2v) is 3.87. The Bertz CT molecular complexity index is 204. The van der Waals surface area contributed by atoms with Crippen LogP contribution in [0.4, 0.5) is 0 Å². The summed E-state index contributed by atoms with van der Waals surface area (Å²) in [5, 5.41) is 0. The van der Waals surface area contributed by atoms with Gasteiger partial charge in [-0.05, 0) is 27.7 Å². The van der Waals surface area contributed by atoms with Gasteiger partial charge in [-0.2, -0.15) is 0 Å². The molecule has 0 aliphatic rings. The maximum absolute atomic E-state index is 10.0. The van der Waals surface area contributed by atoms with Crippen molar-refractivity contribution in [3.8, 4) is 0 Å². The normalized spacial score (nSPS) is 7.88. The molecule has 0 aromatic heterocycles. The van der Waals surface area contributed by atoms with Crippen LogP contribution in [-0.2, 0) is 19.2 Å². The molecule has 0 aromatic rings. The van der Waals surface area contributed by atoms with Crippen molar-refractivity contribution >= 4 is 23.1 Å². The van der Waals surface area contributed by atoms with Crippen LogP contribution in [0, 0.1) is 0 Å². The Morgan fingerprint density at radius 3 is 0.706 bits per heavy atom. The lowest BCUT2D eigenvalue weighted by atomic mass is 10.2. The van der Waals surface area contributed by atoms with Gasteiger partial charge in [0.1, 0.15) is 23.1 Å². The average molecular weight is 244 g/mol. The number of rotatable bonds is 4. The minimum Gasteiger partial charge on any atom is -0.300 e. The summed E-state index contributed by atoms with van der Waals surface area (Å²) in [6, 6.07) is 0. The van der Waals surface area contributed by atoms with Crippen LogP contribution in [0.15, 0.2) is 0 Å². The largest absolute Gasteiger partial charge is 0.300 e. The molecule has 0 fully saturated rings. The molecule has 17 heavy (non-hydrogen) atoms. The standard InChI is InChI=1S/2C5H8O2.C3H8/c2*1-4(6)3-5(2)7;1-3-2/h2*3H2,1-2H3;3H2,1-2H3. The summed E-state index contributed by atoms with van der Waals surface area (Å²) in [6.07, 6.45) is 1.42. The number of ketones is 4. The summed E-state index contributed by atoms with van der Waals surface area (Å²) in [7, 11) is 0. The Balaban J connectivity index is -0.000000188. The molecule has 0 atom stereocenters. The van der Waals surface area contributed by atoms with Crippen LogP contribution in [0.25, 0.3) is 0 Å². The molecule has 0 heterocycles. The maximum Gasteiger partial charge on any atom is 0.137 e. The molecular formula is C13H24O4. The van der Waals surface area contributed by atoms with Crippen molar-refractivity contribution < 1.29 is 19.2 Å². The van der Waals surface area contributed by atoms with Crippen molar-refractivity contribution in [2.75, 3.05) is 0 Å². The molecule has 0 aliphatic heterocycles. The molecular weight excluding hydrogens is 220 g/mol. The molecule has 0 aromatic carbocycles. The van der Waals surface area contributed by atoms with Gasteiger partial charge < -0.3 is 0 Å². The van der Waals surface area contributed by atoms with Crippen LogP contribution >= 0.6 is 0 Å². The van der Waals surface area contributed by atoms with E-state index >= 15 is 0 Å². The van der Waals surface area contributed by atoms with Crippen molar-refractivity contribution in [2.24, 2.45) is 0 Å². The summed E-state index contributed by atoms with van der Waals surface area (Å²) in [6.45, 7) is 9.87. The van der Waals surface area contributed by atoms with E-state index in [2.05, 4.69) is 13.8 Å². The van der Waals surface area contributed by atoms with Gasteiger partial charge in [0.15, 0.2) is 0 Å². The van der Waals surface area contributed by atoms with Gasteiger partial charge >= 0.3 is 0 Å². The van der Waals surface area contributed by atoms with Crippen molar-refractivity contribution in [3.05, 3.63) is 0 Å². The Labute approximate surface area is 104 Å². The molecule has 0 radical (unpaired) electrons. The summed E-state index contributed by atoms with van der Waals surface area (Å²) in [4.78, 5) is 40.1. The van der Waals surface area contributed by atoms with Crippen LogP contribution in [0.1, 0.15) is 60.8 Å². The quantitative estimate of drug-likeness (QED) is 0.712. The van der Waals surface area contributed by atoms with E-state index in [4.69, 9.17) is 0 Å². The first kappa shape index (κ1) is 21.0. The first-order chi connectivity index (χ1) is 7.67. The van der Waals surface area contributed by atoms with Gasteiger partial charge in [0.2, 0.25) is 0 Å². The fraction of sp³-hybridized carbons (Fsp3) is 0.692.